The first-order valence-electron chi connectivity index (χ1n) is 6.10. The highest BCUT2D eigenvalue weighted by Crippen LogP contribution is 2.29. The number of aryl methyl sites for hydroxylation is 1. The molecule has 0 aliphatic carbocycles. The number of nitrogens with one attached hydrogen (secondary N) is 2. The van der Waals surface area contributed by atoms with Gasteiger partial charge in [-0.25, -0.2) is 0 Å². The summed E-state index contributed by atoms with van der Waals surface area (Å²) < 4.78 is 0. The van der Waals surface area contributed by atoms with E-state index < -0.39 is 11.8 Å². The SMILES string of the molecule is Cc1ccc(NC(=O)C(=O)Nc2c(Cl)cccc2Cl)cc1. The second-order valence-corrected chi connectivity index (χ2v) is 5.19. The molecule has 0 aromatic heterocycles. The van der Waals surface area contributed by atoms with Gasteiger partial charge in [0.05, 0.1) is 15.7 Å². The molecule has 4 nitrogen and oxygen atoms in total. The Labute approximate surface area is 132 Å². The number of hydrogen-bond donors (Lipinski definition) is 2. The normalized spacial score (nSPS) is 10.0. The maximum absolute atomic E-state index is 11.8. The van der Waals surface area contributed by atoms with Crippen LogP contribution in [-0.2, 0) is 9.59 Å². The molecule has 2 N–H and O–H groups in total. The number of amides is 2. The Morgan fingerprint density at radius 2 is 1.38 bits per heavy atom. The Hall–Kier alpha value is -2.04. The molecule has 0 fully saturated rings. The predicted octanol–water partition coefficient (Wildman–Crippen LogP) is 3.88. The first-order chi connectivity index (χ1) is 9.97. The van der Waals surface area contributed by atoms with Crippen LogP contribution < -0.4 is 10.6 Å². The van der Waals surface area contributed by atoms with E-state index in [-0.39, 0.29) is 15.7 Å². The van der Waals surface area contributed by atoms with E-state index in [9.17, 15) is 9.59 Å². The molecule has 0 unspecified atom stereocenters. The topological polar surface area (TPSA) is 58.2 Å². The molecule has 21 heavy (non-hydrogen) atoms. The van der Waals surface area contributed by atoms with Crippen molar-refractivity contribution in [3.8, 4) is 0 Å². The third kappa shape index (κ3) is 3.97. The Kier molecular flexibility index (Phi) is 4.83. The first kappa shape index (κ1) is 15.4. The molecule has 0 atom stereocenters. The molecule has 2 amide bonds. The Morgan fingerprint density at radius 3 is 1.95 bits per heavy atom. The third-order valence-corrected chi connectivity index (χ3v) is 3.35. The van der Waals surface area contributed by atoms with E-state index in [0.29, 0.717) is 5.69 Å². The fraction of sp³-hybridized carbons (Fsp3) is 0.0667. The van der Waals surface area contributed by atoms with Crippen LogP contribution in [0, 0.1) is 6.92 Å². The minimum absolute atomic E-state index is 0.213. The number of carbonyl (C=O) groups is 2. The van der Waals surface area contributed by atoms with Crippen LogP contribution in [0.2, 0.25) is 10.0 Å². The molecule has 0 saturated heterocycles. The van der Waals surface area contributed by atoms with Crippen molar-refractivity contribution in [2.24, 2.45) is 0 Å². The molecule has 0 aliphatic heterocycles. The largest absolute Gasteiger partial charge is 0.318 e. The number of carbonyl (C=O) groups excluding carboxylic acids is 2. The van der Waals surface area contributed by atoms with Crippen LogP contribution in [0.25, 0.3) is 0 Å². The number of halogens is 2. The second-order valence-electron chi connectivity index (χ2n) is 4.37. The van der Waals surface area contributed by atoms with E-state index in [0.717, 1.165) is 5.56 Å². The molecule has 0 radical (unpaired) electrons. The van der Waals surface area contributed by atoms with Gasteiger partial charge in [-0.15, -0.1) is 0 Å². The highest BCUT2D eigenvalue weighted by molar-refractivity contribution is 6.46. The molecule has 0 aliphatic rings. The zero-order valence-electron chi connectivity index (χ0n) is 11.1. The highest BCUT2D eigenvalue weighted by atomic mass is 35.5. The summed E-state index contributed by atoms with van der Waals surface area (Å²) >= 11 is 11.9. The van der Waals surface area contributed by atoms with Gasteiger partial charge in [0, 0.05) is 5.69 Å². The van der Waals surface area contributed by atoms with Gasteiger partial charge in [0.25, 0.3) is 0 Å². The van der Waals surface area contributed by atoms with Crippen molar-refractivity contribution in [1.29, 1.82) is 0 Å². The van der Waals surface area contributed by atoms with Gasteiger partial charge in [0.1, 0.15) is 0 Å². The van der Waals surface area contributed by atoms with Crippen LogP contribution in [0.5, 0.6) is 0 Å². The number of hydrogen-bond acceptors (Lipinski definition) is 2. The van der Waals surface area contributed by atoms with Crippen LogP contribution in [0.3, 0.4) is 0 Å². The average molecular weight is 323 g/mol. The van der Waals surface area contributed by atoms with Crippen molar-refractivity contribution >= 4 is 46.4 Å². The van der Waals surface area contributed by atoms with Crippen molar-refractivity contribution in [2.45, 2.75) is 6.92 Å². The quantitative estimate of drug-likeness (QED) is 0.824. The molecule has 6 heteroatoms. The number of para-hydroxylation sites is 1. The van der Waals surface area contributed by atoms with Crippen LogP contribution in [-0.4, -0.2) is 11.8 Å². The van der Waals surface area contributed by atoms with Crippen LogP contribution in [0.15, 0.2) is 42.5 Å². The fourth-order valence-electron chi connectivity index (χ4n) is 1.61. The lowest BCUT2D eigenvalue weighted by molar-refractivity contribution is -0.132. The van der Waals surface area contributed by atoms with E-state index >= 15 is 0 Å². The number of benzene rings is 2. The molecule has 2 aromatic rings. The smallest absolute Gasteiger partial charge is 0.314 e. The van der Waals surface area contributed by atoms with E-state index in [1.165, 1.54) is 0 Å². The summed E-state index contributed by atoms with van der Waals surface area (Å²) in [5.41, 5.74) is 1.80. The molecule has 108 valence electrons. The Bertz CT molecular complexity index is 664. The summed E-state index contributed by atoms with van der Waals surface area (Å²) in [4.78, 5) is 23.7. The summed E-state index contributed by atoms with van der Waals surface area (Å²) in [6, 6.07) is 11.9. The molecule has 2 rings (SSSR count). The molecule has 0 bridgehead atoms. The van der Waals surface area contributed by atoms with Gasteiger partial charge < -0.3 is 10.6 Å². The standard InChI is InChI=1S/C15H12Cl2N2O2/c1-9-5-7-10(8-6-9)18-14(20)15(21)19-13-11(16)3-2-4-12(13)17/h2-8H,1H3,(H,18,20)(H,19,21). The van der Waals surface area contributed by atoms with Crippen molar-refractivity contribution in [1.82, 2.24) is 0 Å². The van der Waals surface area contributed by atoms with E-state index in [2.05, 4.69) is 10.6 Å². The molecular formula is C15H12Cl2N2O2. The van der Waals surface area contributed by atoms with Gasteiger partial charge >= 0.3 is 11.8 Å². The third-order valence-electron chi connectivity index (χ3n) is 2.72. The van der Waals surface area contributed by atoms with Crippen molar-refractivity contribution in [3.05, 3.63) is 58.1 Å². The lowest BCUT2D eigenvalue weighted by atomic mass is 10.2. The zero-order valence-corrected chi connectivity index (χ0v) is 12.6. The molecular weight excluding hydrogens is 311 g/mol. The highest BCUT2D eigenvalue weighted by Gasteiger charge is 2.17. The monoisotopic (exact) mass is 322 g/mol. The second kappa shape index (κ2) is 6.61. The summed E-state index contributed by atoms with van der Waals surface area (Å²) in [5, 5.41) is 5.41. The maximum atomic E-state index is 11.8. The summed E-state index contributed by atoms with van der Waals surface area (Å²) in [5.74, 6) is -1.64. The summed E-state index contributed by atoms with van der Waals surface area (Å²) in [7, 11) is 0. The lowest BCUT2D eigenvalue weighted by Gasteiger charge is -2.09. The van der Waals surface area contributed by atoms with Crippen molar-refractivity contribution in [2.75, 3.05) is 10.6 Å². The lowest BCUT2D eigenvalue weighted by Crippen LogP contribution is -2.29. The van der Waals surface area contributed by atoms with Gasteiger partial charge in [0.15, 0.2) is 0 Å². The van der Waals surface area contributed by atoms with Crippen molar-refractivity contribution in [3.63, 3.8) is 0 Å². The fourth-order valence-corrected chi connectivity index (χ4v) is 2.10. The van der Waals surface area contributed by atoms with E-state index in [4.69, 9.17) is 23.2 Å². The van der Waals surface area contributed by atoms with E-state index in [1.807, 2.05) is 19.1 Å². The van der Waals surface area contributed by atoms with Gasteiger partial charge in [-0.1, -0.05) is 47.0 Å². The first-order valence-corrected chi connectivity index (χ1v) is 6.86. The van der Waals surface area contributed by atoms with E-state index in [1.54, 1.807) is 30.3 Å². The molecule has 2 aromatic carbocycles. The maximum Gasteiger partial charge on any atom is 0.314 e. The van der Waals surface area contributed by atoms with Gasteiger partial charge in [-0.05, 0) is 31.2 Å². The number of rotatable bonds is 2. The van der Waals surface area contributed by atoms with Crippen LogP contribution >= 0.6 is 23.2 Å². The van der Waals surface area contributed by atoms with Gasteiger partial charge in [-0.3, -0.25) is 9.59 Å². The molecule has 0 heterocycles. The summed E-state index contributed by atoms with van der Waals surface area (Å²) in [6.07, 6.45) is 0. The van der Waals surface area contributed by atoms with Crippen LogP contribution in [0.1, 0.15) is 5.56 Å². The average Bonchev–Trinajstić information content (AvgIpc) is 2.45. The minimum atomic E-state index is -0.842. The minimum Gasteiger partial charge on any atom is -0.318 e. The number of anilines is 2. The van der Waals surface area contributed by atoms with Crippen molar-refractivity contribution < 1.29 is 9.59 Å². The Balaban J connectivity index is 2.06. The predicted molar refractivity (Wildman–Crippen MR) is 84.9 cm³/mol. The molecule has 0 spiro atoms. The van der Waals surface area contributed by atoms with Gasteiger partial charge in [-0.2, -0.15) is 0 Å². The Morgan fingerprint density at radius 1 is 0.857 bits per heavy atom. The summed E-state index contributed by atoms with van der Waals surface area (Å²) in [6.45, 7) is 1.93. The van der Waals surface area contributed by atoms with Crippen LogP contribution in [0.4, 0.5) is 11.4 Å². The van der Waals surface area contributed by atoms with Gasteiger partial charge in [0.2, 0.25) is 0 Å². The molecule has 0 saturated carbocycles. The zero-order chi connectivity index (χ0) is 15.4.